The number of carbonyl (C=O) groups excluding carboxylic acids is 2. The molecule has 7 nitrogen and oxygen atoms in total. The van der Waals surface area contributed by atoms with E-state index in [0.717, 1.165) is 29.5 Å². The maximum absolute atomic E-state index is 13.6. The largest absolute Gasteiger partial charge is 0.486 e. The molecule has 1 aliphatic heterocycles. The topological polar surface area (TPSA) is 79.1 Å². The number of ether oxygens (including phenoxy) is 3. The molecule has 1 aromatic heterocycles. The zero-order valence-electron chi connectivity index (χ0n) is 17.6. The molecule has 164 valence electrons. The van der Waals surface area contributed by atoms with Crippen molar-refractivity contribution in [1.82, 2.24) is 4.57 Å². The third kappa shape index (κ3) is 3.18. The number of hydrogen-bond acceptors (Lipinski definition) is 6. The first kappa shape index (κ1) is 19.3. The molecule has 0 atom stereocenters. The molecule has 7 rings (SSSR count). The predicted molar refractivity (Wildman–Crippen MR) is 114 cm³/mol. The summed E-state index contributed by atoms with van der Waals surface area (Å²) in [5.74, 6) is 2.98. The van der Waals surface area contributed by atoms with Crippen molar-refractivity contribution >= 4 is 33.4 Å². The maximum Gasteiger partial charge on any atom is 0.325 e. The molecule has 0 spiro atoms. The molecular formula is C23H26N2O5S. The lowest BCUT2D eigenvalue weighted by molar-refractivity contribution is -0.143. The van der Waals surface area contributed by atoms with E-state index in [-0.39, 0.29) is 23.8 Å². The fraction of sp³-hybridized carbons (Fsp3) is 0.609. The van der Waals surface area contributed by atoms with Gasteiger partial charge >= 0.3 is 5.97 Å². The van der Waals surface area contributed by atoms with E-state index < -0.39 is 0 Å². The number of benzene rings is 1. The second-order valence-electron chi connectivity index (χ2n) is 9.63. The average molecular weight is 443 g/mol. The van der Waals surface area contributed by atoms with Gasteiger partial charge in [-0.3, -0.25) is 9.59 Å². The van der Waals surface area contributed by atoms with Crippen LogP contribution in [0.5, 0.6) is 11.5 Å². The van der Waals surface area contributed by atoms with Crippen LogP contribution in [0.3, 0.4) is 0 Å². The van der Waals surface area contributed by atoms with Crippen LogP contribution in [0, 0.1) is 23.2 Å². The van der Waals surface area contributed by atoms with Gasteiger partial charge in [0.1, 0.15) is 19.8 Å². The Bertz CT molecular complexity index is 1110. The molecular weight excluding hydrogens is 416 g/mol. The molecule has 31 heavy (non-hydrogen) atoms. The molecule has 4 bridgehead atoms. The minimum atomic E-state index is -0.377. The molecule has 4 saturated carbocycles. The number of nitrogens with zero attached hydrogens (tertiary/aromatic N) is 2. The third-order valence-corrected chi connectivity index (χ3v) is 8.59. The maximum atomic E-state index is 13.6. The molecule has 0 radical (unpaired) electrons. The van der Waals surface area contributed by atoms with Gasteiger partial charge in [-0.25, -0.2) is 0 Å². The van der Waals surface area contributed by atoms with Gasteiger partial charge in [-0.1, -0.05) is 11.3 Å². The van der Waals surface area contributed by atoms with E-state index >= 15 is 0 Å². The fourth-order valence-electron chi connectivity index (χ4n) is 6.62. The number of aromatic nitrogens is 1. The first-order valence-corrected chi connectivity index (χ1v) is 11.9. The van der Waals surface area contributed by atoms with Gasteiger partial charge in [0.2, 0.25) is 0 Å². The molecule has 4 aliphatic carbocycles. The minimum absolute atomic E-state index is 0.00311. The molecule has 0 saturated heterocycles. The van der Waals surface area contributed by atoms with Crippen LogP contribution in [-0.4, -0.2) is 36.8 Å². The van der Waals surface area contributed by atoms with Gasteiger partial charge in [-0.2, -0.15) is 4.99 Å². The van der Waals surface area contributed by atoms with Crippen molar-refractivity contribution in [3.8, 4) is 11.5 Å². The van der Waals surface area contributed by atoms with E-state index in [4.69, 9.17) is 14.2 Å². The average Bonchev–Trinajstić information content (AvgIpc) is 3.06. The van der Waals surface area contributed by atoms with E-state index in [1.54, 1.807) is 4.57 Å². The molecule has 2 heterocycles. The summed E-state index contributed by atoms with van der Waals surface area (Å²) in [7, 11) is 1.37. The van der Waals surface area contributed by atoms with E-state index in [1.165, 1.54) is 37.7 Å². The first-order chi connectivity index (χ1) is 15.0. The number of esters is 1. The van der Waals surface area contributed by atoms with Crippen LogP contribution in [0.2, 0.25) is 0 Å². The highest BCUT2D eigenvalue weighted by atomic mass is 32.1. The van der Waals surface area contributed by atoms with Crippen LogP contribution < -0.4 is 14.3 Å². The number of hydrogen-bond donors (Lipinski definition) is 0. The summed E-state index contributed by atoms with van der Waals surface area (Å²) in [6.07, 6.45) is 6.76. The second kappa shape index (κ2) is 7.08. The summed E-state index contributed by atoms with van der Waals surface area (Å²) < 4.78 is 19.0. The Hall–Kier alpha value is -2.35. The lowest BCUT2D eigenvalue weighted by atomic mass is 9.49. The lowest BCUT2D eigenvalue weighted by Gasteiger charge is -2.55. The number of thiazole rings is 1. The fourth-order valence-corrected chi connectivity index (χ4v) is 7.65. The Morgan fingerprint density at radius 1 is 1.10 bits per heavy atom. The Morgan fingerprint density at radius 2 is 1.71 bits per heavy atom. The Morgan fingerprint density at radius 3 is 2.32 bits per heavy atom. The van der Waals surface area contributed by atoms with Crippen LogP contribution in [0.4, 0.5) is 0 Å². The van der Waals surface area contributed by atoms with Crippen molar-refractivity contribution in [1.29, 1.82) is 0 Å². The number of rotatable bonds is 3. The predicted octanol–water partition coefficient (Wildman–Crippen LogP) is 3.29. The Balaban J connectivity index is 1.45. The van der Waals surface area contributed by atoms with Gasteiger partial charge in [0.05, 0.1) is 22.7 Å². The van der Waals surface area contributed by atoms with Crippen molar-refractivity contribution in [2.45, 2.75) is 45.1 Å². The second-order valence-corrected chi connectivity index (χ2v) is 10.6. The van der Waals surface area contributed by atoms with Crippen LogP contribution in [0.1, 0.15) is 38.5 Å². The highest BCUT2D eigenvalue weighted by Crippen LogP contribution is 2.60. The number of amides is 1. The molecule has 0 N–H and O–H groups in total. The van der Waals surface area contributed by atoms with Gasteiger partial charge in [-0.15, -0.1) is 0 Å². The molecule has 5 aliphatic rings. The number of methoxy groups -OCH3 is 1. The highest BCUT2D eigenvalue weighted by molar-refractivity contribution is 7.16. The van der Waals surface area contributed by atoms with E-state index in [2.05, 4.69) is 4.99 Å². The van der Waals surface area contributed by atoms with Crippen LogP contribution in [-0.2, 0) is 20.9 Å². The van der Waals surface area contributed by atoms with E-state index in [0.29, 0.717) is 47.3 Å². The Kier molecular flexibility index (Phi) is 4.42. The summed E-state index contributed by atoms with van der Waals surface area (Å²) in [6, 6.07) is 3.79. The van der Waals surface area contributed by atoms with Gasteiger partial charge in [0.15, 0.2) is 16.3 Å². The summed E-state index contributed by atoms with van der Waals surface area (Å²) in [6.45, 7) is 0.998. The van der Waals surface area contributed by atoms with Gasteiger partial charge in [0.25, 0.3) is 5.91 Å². The number of fused-ring (bicyclic) bond motifs is 2. The van der Waals surface area contributed by atoms with Crippen molar-refractivity contribution < 1.29 is 23.8 Å². The molecule has 0 unspecified atom stereocenters. The Labute approximate surface area is 184 Å². The molecule has 1 aromatic carbocycles. The van der Waals surface area contributed by atoms with E-state index in [1.807, 2.05) is 12.1 Å². The first-order valence-electron chi connectivity index (χ1n) is 11.1. The highest BCUT2D eigenvalue weighted by Gasteiger charge is 2.54. The van der Waals surface area contributed by atoms with Gasteiger partial charge in [0, 0.05) is 12.1 Å². The summed E-state index contributed by atoms with van der Waals surface area (Å²) in [5, 5.41) is 0. The van der Waals surface area contributed by atoms with Gasteiger partial charge < -0.3 is 18.8 Å². The number of carbonyl (C=O) groups is 2. The standard InChI is InChI=1S/C23H26N2O5S/c1-28-20(26)12-25-16-7-17-18(30-3-2-29-17)8-19(16)31-22(25)24-21(27)23-9-13-4-14(10-23)6-15(5-13)11-23/h7-8,13-15H,2-6,9-12H2,1H3. The zero-order chi connectivity index (χ0) is 21.2. The summed E-state index contributed by atoms with van der Waals surface area (Å²) in [4.78, 5) is 30.9. The monoisotopic (exact) mass is 442 g/mol. The van der Waals surface area contributed by atoms with E-state index in [9.17, 15) is 9.59 Å². The van der Waals surface area contributed by atoms with Crippen LogP contribution >= 0.6 is 11.3 Å². The van der Waals surface area contributed by atoms with Crippen molar-refractivity contribution in [3.05, 3.63) is 16.9 Å². The normalized spacial score (nSPS) is 31.3. The zero-order valence-corrected chi connectivity index (χ0v) is 18.4. The lowest BCUT2D eigenvalue weighted by Crippen LogP contribution is -2.50. The summed E-state index contributed by atoms with van der Waals surface area (Å²) >= 11 is 1.41. The molecule has 1 amide bonds. The molecule has 8 heteroatoms. The van der Waals surface area contributed by atoms with Crippen molar-refractivity contribution in [2.75, 3.05) is 20.3 Å². The van der Waals surface area contributed by atoms with Crippen LogP contribution in [0.15, 0.2) is 17.1 Å². The third-order valence-electron chi connectivity index (χ3n) is 7.55. The van der Waals surface area contributed by atoms with Crippen molar-refractivity contribution in [2.24, 2.45) is 28.2 Å². The van der Waals surface area contributed by atoms with Crippen molar-refractivity contribution in [3.63, 3.8) is 0 Å². The quantitative estimate of drug-likeness (QED) is 0.682. The minimum Gasteiger partial charge on any atom is -0.486 e. The molecule has 4 fully saturated rings. The smallest absolute Gasteiger partial charge is 0.325 e. The van der Waals surface area contributed by atoms with Crippen LogP contribution in [0.25, 0.3) is 10.2 Å². The molecule has 2 aromatic rings. The summed E-state index contributed by atoms with van der Waals surface area (Å²) in [5.41, 5.74) is 0.496. The SMILES string of the molecule is COC(=O)Cn1c(=NC(=O)C23CC4CC(CC(C4)C2)C3)sc2cc3c(cc21)OCCO3. The van der Waals surface area contributed by atoms with Gasteiger partial charge in [-0.05, 0) is 56.3 Å².